The Hall–Kier alpha value is -5.50. The van der Waals surface area contributed by atoms with Gasteiger partial charge in [0.1, 0.15) is 35.4 Å². The van der Waals surface area contributed by atoms with Gasteiger partial charge in [0.2, 0.25) is 15.9 Å². The number of sulfonamides is 1. The molecule has 0 spiro atoms. The van der Waals surface area contributed by atoms with Gasteiger partial charge in [0, 0.05) is 37.2 Å². The van der Waals surface area contributed by atoms with Gasteiger partial charge in [0.05, 0.1) is 39.3 Å². The first-order chi connectivity index (χ1) is 25.9. The number of aryl methyl sites for hydroxylation is 1. The summed E-state index contributed by atoms with van der Waals surface area (Å²) in [4.78, 5) is 37.1. The number of nitrogens with one attached hydrogen (secondary N) is 2. The van der Waals surface area contributed by atoms with Crippen LogP contribution in [0.25, 0.3) is 27.6 Å². The van der Waals surface area contributed by atoms with Crippen LogP contribution in [0.3, 0.4) is 0 Å². The Morgan fingerprint density at radius 3 is 2.53 bits per heavy atom. The van der Waals surface area contributed by atoms with E-state index in [0.29, 0.717) is 10.7 Å². The molecule has 13 nitrogen and oxygen atoms in total. The molecule has 6 aromatic rings. The number of alkyl halides is 4. The quantitative estimate of drug-likeness (QED) is 0.174. The molecule has 3 atom stereocenters. The van der Waals surface area contributed by atoms with Crippen LogP contribution in [0.5, 0.6) is 0 Å². The number of carbonyl (C=O) groups is 1. The Labute approximate surface area is 311 Å². The molecule has 55 heavy (non-hydrogen) atoms. The smallest absolute Gasteiger partial charge is 0.293 e. The number of benzene rings is 2. The summed E-state index contributed by atoms with van der Waals surface area (Å²) in [7, 11) is -2.44. The standard InChI is InChI=1S/C34H26ClF6N9O4S/c1-48-27-22(6-5-20(35)25(27)31(46-48)47-55(2,53)54)50-32(44-30-17(33(50)52)4-3-7-42-30)21(10-14-8-15(36)11-16(37)9-14)43-23(51)13-49-28-24(26(45-49)29(38)39)18-12-19(18)34(28,40)41/h3-9,11,18-19,21,29H,10,12-13H2,1-2H3,(H,43,51)(H,46,47)/t18-,19+,21?/m0/s1. The summed E-state index contributed by atoms with van der Waals surface area (Å²) in [5, 5.41) is 10.6. The fourth-order valence-corrected chi connectivity index (χ4v) is 8.15. The highest BCUT2D eigenvalue weighted by Crippen LogP contribution is 2.68. The van der Waals surface area contributed by atoms with E-state index in [4.69, 9.17) is 11.6 Å². The molecule has 1 saturated carbocycles. The first kappa shape index (κ1) is 36.5. The lowest BCUT2D eigenvalue weighted by atomic mass is 10.0. The van der Waals surface area contributed by atoms with Crippen LogP contribution in [-0.2, 0) is 40.8 Å². The Balaban J connectivity index is 1.31. The first-order valence-corrected chi connectivity index (χ1v) is 18.7. The molecule has 2 aliphatic carbocycles. The van der Waals surface area contributed by atoms with E-state index in [1.54, 1.807) is 0 Å². The van der Waals surface area contributed by atoms with Crippen molar-refractivity contribution in [2.45, 2.75) is 43.7 Å². The van der Waals surface area contributed by atoms with Gasteiger partial charge in [0.25, 0.3) is 17.9 Å². The van der Waals surface area contributed by atoms with Gasteiger partial charge >= 0.3 is 0 Å². The highest BCUT2D eigenvalue weighted by molar-refractivity contribution is 7.92. The van der Waals surface area contributed by atoms with E-state index in [-0.39, 0.29) is 61.8 Å². The third-order valence-electron chi connectivity index (χ3n) is 9.58. The lowest BCUT2D eigenvalue weighted by molar-refractivity contribution is -0.123. The number of aromatic nitrogens is 7. The van der Waals surface area contributed by atoms with Gasteiger partial charge in [-0.3, -0.25) is 28.2 Å². The summed E-state index contributed by atoms with van der Waals surface area (Å²) in [6, 6.07) is 6.71. The topological polar surface area (TPSA) is 159 Å². The molecule has 1 unspecified atom stereocenters. The zero-order chi connectivity index (χ0) is 39.3. The number of anilines is 1. The van der Waals surface area contributed by atoms with Gasteiger partial charge in [0.15, 0.2) is 11.5 Å². The van der Waals surface area contributed by atoms with E-state index in [1.807, 2.05) is 0 Å². The summed E-state index contributed by atoms with van der Waals surface area (Å²) < 4.78 is 117. The van der Waals surface area contributed by atoms with Gasteiger partial charge in [-0.2, -0.15) is 19.0 Å². The van der Waals surface area contributed by atoms with E-state index < -0.39 is 87.7 Å². The highest BCUT2D eigenvalue weighted by atomic mass is 35.5. The molecule has 0 radical (unpaired) electrons. The second-order valence-electron chi connectivity index (χ2n) is 13.4. The third kappa shape index (κ3) is 6.25. The molecule has 0 bridgehead atoms. The average Bonchev–Trinajstić information content (AvgIpc) is 3.63. The molecule has 0 saturated heterocycles. The third-order valence-corrected chi connectivity index (χ3v) is 10.5. The minimum atomic E-state index is -3.88. The molecule has 4 heterocycles. The lowest BCUT2D eigenvalue weighted by Gasteiger charge is -2.24. The molecule has 4 aromatic heterocycles. The number of rotatable bonds is 10. The second kappa shape index (κ2) is 12.8. The van der Waals surface area contributed by atoms with Crippen LogP contribution in [0, 0.1) is 17.6 Å². The maximum Gasteiger partial charge on any atom is 0.293 e. The Morgan fingerprint density at radius 1 is 1.11 bits per heavy atom. The van der Waals surface area contributed by atoms with E-state index in [2.05, 4.69) is 30.2 Å². The van der Waals surface area contributed by atoms with Crippen LogP contribution in [0.15, 0.2) is 53.5 Å². The van der Waals surface area contributed by atoms with Crippen molar-refractivity contribution in [3.63, 3.8) is 0 Å². The molecule has 0 aliphatic heterocycles. The molecule has 21 heteroatoms. The van der Waals surface area contributed by atoms with Crippen molar-refractivity contribution in [1.29, 1.82) is 0 Å². The van der Waals surface area contributed by atoms with E-state index >= 15 is 8.78 Å². The first-order valence-electron chi connectivity index (χ1n) is 16.4. The van der Waals surface area contributed by atoms with Crippen molar-refractivity contribution < 1.29 is 39.6 Å². The molecule has 1 fully saturated rings. The van der Waals surface area contributed by atoms with Crippen molar-refractivity contribution >= 4 is 55.3 Å². The van der Waals surface area contributed by atoms with Crippen molar-refractivity contribution in [3.8, 4) is 5.69 Å². The highest BCUT2D eigenvalue weighted by Gasteiger charge is 2.67. The molecular weight excluding hydrogens is 780 g/mol. The molecule has 2 aliphatic rings. The fraction of sp³-hybridized carbons (Fsp3) is 0.294. The van der Waals surface area contributed by atoms with Crippen molar-refractivity contribution in [1.82, 2.24) is 39.4 Å². The van der Waals surface area contributed by atoms with Gasteiger partial charge in [-0.15, -0.1) is 0 Å². The van der Waals surface area contributed by atoms with Crippen LogP contribution in [-0.4, -0.2) is 54.7 Å². The van der Waals surface area contributed by atoms with Gasteiger partial charge < -0.3 is 5.32 Å². The van der Waals surface area contributed by atoms with Crippen molar-refractivity contribution in [2.24, 2.45) is 13.0 Å². The SMILES string of the molecule is Cn1nc(NS(C)(=O)=O)c2c(Cl)ccc(-n3c(C(Cc4cc(F)cc(F)c4)NC(=O)Cn4nc(C(F)F)c5c4C(F)(F)[C@@H]4C[C@H]54)nc4ncccc4c3=O)c21. The minimum Gasteiger partial charge on any atom is -0.344 e. The lowest BCUT2D eigenvalue weighted by Crippen LogP contribution is -2.38. The number of pyridine rings is 1. The number of halogens is 7. The number of fused-ring (bicyclic) bond motifs is 5. The van der Waals surface area contributed by atoms with E-state index in [1.165, 1.54) is 42.2 Å². The van der Waals surface area contributed by atoms with Gasteiger partial charge in [-0.1, -0.05) is 11.6 Å². The largest absolute Gasteiger partial charge is 0.344 e. The molecule has 1 amide bonds. The summed E-state index contributed by atoms with van der Waals surface area (Å²) >= 11 is 6.54. The molecule has 286 valence electrons. The monoisotopic (exact) mass is 805 g/mol. The second-order valence-corrected chi connectivity index (χ2v) is 15.6. The van der Waals surface area contributed by atoms with E-state index in [0.717, 1.165) is 23.0 Å². The summed E-state index contributed by atoms with van der Waals surface area (Å²) in [6.45, 7) is -0.971. The number of hydrogen-bond donors (Lipinski definition) is 2. The minimum absolute atomic E-state index is 0.00349. The summed E-state index contributed by atoms with van der Waals surface area (Å²) in [5.41, 5.74) is -2.68. The zero-order valence-electron chi connectivity index (χ0n) is 28.4. The zero-order valence-corrected chi connectivity index (χ0v) is 29.9. The molecular formula is C34H26ClF6N9O4S. The molecule has 2 N–H and O–H groups in total. The molecule has 2 aromatic carbocycles. The van der Waals surface area contributed by atoms with E-state index in [9.17, 15) is 35.6 Å². The van der Waals surface area contributed by atoms with Crippen LogP contribution >= 0.6 is 11.6 Å². The fourth-order valence-electron chi connectivity index (χ4n) is 7.41. The Kier molecular flexibility index (Phi) is 8.48. The number of nitrogens with zero attached hydrogens (tertiary/aromatic N) is 7. The number of amides is 1. The van der Waals surface area contributed by atoms with Crippen molar-refractivity contribution in [2.75, 3.05) is 11.0 Å². The van der Waals surface area contributed by atoms with Gasteiger partial charge in [-0.25, -0.2) is 35.9 Å². The predicted octanol–water partition coefficient (Wildman–Crippen LogP) is 5.41. The normalized spacial score (nSPS) is 17.8. The Morgan fingerprint density at radius 2 is 1.84 bits per heavy atom. The maximum atomic E-state index is 15.3. The van der Waals surface area contributed by atoms with Crippen LogP contribution in [0.1, 0.15) is 53.1 Å². The molecule has 8 rings (SSSR count). The number of carbonyl (C=O) groups excluding carboxylic acids is 1. The van der Waals surface area contributed by atoms with Crippen molar-refractivity contribution in [3.05, 3.63) is 104 Å². The Bertz CT molecular complexity index is 2750. The maximum absolute atomic E-state index is 15.3. The van der Waals surface area contributed by atoms with Crippen LogP contribution in [0.2, 0.25) is 5.02 Å². The van der Waals surface area contributed by atoms with Gasteiger partial charge in [-0.05, 0) is 54.3 Å². The summed E-state index contributed by atoms with van der Waals surface area (Å²) in [6.07, 6.45) is -1.40. The average molecular weight is 806 g/mol. The number of hydrogen-bond acceptors (Lipinski definition) is 8. The predicted molar refractivity (Wildman–Crippen MR) is 186 cm³/mol. The summed E-state index contributed by atoms with van der Waals surface area (Å²) in [5.74, 6) is -8.99. The van der Waals surface area contributed by atoms with Crippen LogP contribution in [0.4, 0.5) is 32.2 Å². The van der Waals surface area contributed by atoms with Crippen LogP contribution < -0.4 is 15.6 Å².